The van der Waals surface area contributed by atoms with Gasteiger partial charge in [0.1, 0.15) is 0 Å². The van der Waals surface area contributed by atoms with Gasteiger partial charge in [-0.1, -0.05) is 23.8 Å². The monoisotopic (exact) mass is 418 g/mol. The standard InChI is InChI=1S/C21H26N2O5S/c1-15-6-7-18(16(2)12-15)13-23(5)20(24)14-28-21(25)17-8-10-19(11-9-17)29(26,27)22(3)4/h6-12H,13-14H2,1-5H3. The fourth-order valence-corrected chi connectivity index (χ4v) is 3.56. The van der Waals surface area contributed by atoms with Crippen LogP contribution < -0.4 is 0 Å². The molecule has 0 heterocycles. The van der Waals surface area contributed by atoms with Crippen molar-refractivity contribution in [3.63, 3.8) is 0 Å². The van der Waals surface area contributed by atoms with Crippen LogP contribution in [0.1, 0.15) is 27.0 Å². The highest BCUT2D eigenvalue weighted by atomic mass is 32.2. The maximum atomic E-state index is 12.3. The molecule has 7 nitrogen and oxygen atoms in total. The molecule has 29 heavy (non-hydrogen) atoms. The minimum absolute atomic E-state index is 0.0725. The SMILES string of the molecule is Cc1ccc(CN(C)C(=O)COC(=O)c2ccc(S(=O)(=O)N(C)C)cc2)c(C)c1. The molecule has 0 bridgehead atoms. The summed E-state index contributed by atoms with van der Waals surface area (Å²) in [4.78, 5) is 26.0. The number of esters is 1. The number of likely N-dealkylation sites (N-methyl/N-ethyl adjacent to an activating group) is 1. The fraction of sp³-hybridized carbons (Fsp3) is 0.333. The molecule has 0 aliphatic rings. The largest absolute Gasteiger partial charge is 0.452 e. The fourth-order valence-electron chi connectivity index (χ4n) is 2.66. The van der Waals surface area contributed by atoms with Crippen LogP contribution in [0.25, 0.3) is 0 Å². The van der Waals surface area contributed by atoms with E-state index in [0.29, 0.717) is 6.54 Å². The van der Waals surface area contributed by atoms with Crippen molar-refractivity contribution in [1.82, 2.24) is 9.21 Å². The number of sulfonamides is 1. The number of hydrogen-bond donors (Lipinski definition) is 0. The van der Waals surface area contributed by atoms with Gasteiger partial charge in [-0.05, 0) is 49.2 Å². The van der Waals surface area contributed by atoms with Crippen LogP contribution >= 0.6 is 0 Å². The summed E-state index contributed by atoms with van der Waals surface area (Å²) in [6.45, 7) is 4.02. The third-order valence-electron chi connectivity index (χ3n) is 4.53. The molecule has 0 saturated carbocycles. The summed E-state index contributed by atoms with van der Waals surface area (Å²) in [5, 5.41) is 0. The van der Waals surface area contributed by atoms with Gasteiger partial charge in [-0.3, -0.25) is 4.79 Å². The number of carbonyl (C=O) groups excluding carboxylic acids is 2. The first-order valence-corrected chi connectivity index (χ1v) is 10.5. The molecule has 0 aliphatic heterocycles. The predicted molar refractivity (Wildman–Crippen MR) is 110 cm³/mol. The smallest absolute Gasteiger partial charge is 0.338 e. The van der Waals surface area contributed by atoms with Crippen molar-refractivity contribution in [1.29, 1.82) is 0 Å². The molecule has 2 rings (SSSR count). The van der Waals surface area contributed by atoms with Crippen LogP contribution in [0, 0.1) is 13.8 Å². The molecular weight excluding hydrogens is 392 g/mol. The lowest BCUT2D eigenvalue weighted by Crippen LogP contribution is -2.31. The molecule has 0 aromatic heterocycles. The summed E-state index contributed by atoms with van der Waals surface area (Å²) in [6, 6.07) is 11.4. The first kappa shape index (κ1) is 22.6. The maximum Gasteiger partial charge on any atom is 0.338 e. The molecular formula is C21H26N2O5S. The van der Waals surface area contributed by atoms with E-state index < -0.39 is 22.6 Å². The number of carbonyl (C=O) groups is 2. The molecule has 0 spiro atoms. The van der Waals surface area contributed by atoms with Crippen LogP contribution in [-0.2, 0) is 26.1 Å². The van der Waals surface area contributed by atoms with Gasteiger partial charge in [0.15, 0.2) is 6.61 Å². The Morgan fingerprint density at radius 3 is 2.14 bits per heavy atom. The average molecular weight is 419 g/mol. The summed E-state index contributed by atoms with van der Waals surface area (Å²) in [5.41, 5.74) is 3.44. The molecule has 0 N–H and O–H groups in total. The number of benzene rings is 2. The first-order valence-electron chi connectivity index (χ1n) is 9.02. The topological polar surface area (TPSA) is 84.0 Å². The lowest BCUT2D eigenvalue weighted by atomic mass is 10.1. The van der Waals surface area contributed by atoms with Crippen molar-refractivity contribution in [2.75, 3.05) is 27.7 Å². The molecule has 0 aliphatic carbocycles. The highest BCUT2D eigenvalue weighted by Gasteiger charge is 2.19. The predicted octanol–water partition coefficient (Wildman–Crippen LogP) is 2.37. The Bertz CT molecular complexity index is 998. The summed E-state index contributed by atoms with van der Waals surface area (Å²) in [7, 11) is 0.934. The summed E-state index contributed by atoms with van der Waals surface area (Å²) < 4.78 is 30.3. The van der Waals surface area contributed by atoms with Crippen molar-refractivity contribution in [2.45, 2.75) is 25.3 Å². The van der Waals surface area contributed by atoms with Crippen LogP contribution in [0.3, 0.4) is 0 Å². The van der Waals surface area contributed by atoms with E-state index in [1.807, 2.05) is 32.0 Å². The quantitative estimate of drug-likeness (QED) is 0.645. The summed E-state index contributed by atoms with van der Waals surface area (Å²) >= 11 is 0. The normalized spacial score (nSPS) is 11.4. The van der Waals surface area contributed by atoms with Gasteiger partial charge < -0.3 is 9.64 Å². The molecule has 0 radical (unpaired) electrons. The van der Waals surface area contributed by atoms with E-state index in [1.165, 1.54) is 43.3 Å². The Morgan fingerprint density at radius 2 is 1.59 bits per heavy atom. The van der Waals surface area contributed by atoms with E-state index in [2.05, 4.69) is 0 Å². The van der Waals surface area contributed by atoms with Gasteiger partial charge in [-0.25, -0.2) is 17.5 Å². The van der Waals surface area contributed by atoms with Crippen molar-refractivity contribution >= 4 is 21.9 Å². The van der Waals surface area contributed by atoms with Gasteiger partial charge in [-0.2, -0.15) is 0 Å². The van der Waals surface area contributed by atoms with E-state index in [1.54, 1.807) is 7.05 Å². The number of aryl methyl sites for hydroxylation is 2. The highest BCUT2D eigenvalue weighted by Crippen LogP contribution is 2.15. The van der Waals surface area contributed by atoms with Crippen LogP contribution in [-0.4, -0.2) is 57.2 Å². The Morgan fingerprint density at radius 1 is 0.966 bits per heavy atom. The van der Waals surface area contributed by atoms with Gasteiger partial charge in [0, 0.05) is 27.7 Å². The van der Waals surface area contributed by atoms with Gasteiger partial charge in [0.2, 0.25) is 10.0 Å². The zero-order chi connectivity index (χ0) is 21.8. The Balaban J connectivity index is 1.95. The van der Waals surface area contributed by atoms with E-state index in [-0.39, 0.29) is 16.4 Å². The van der Waals surface area contributed by atoms with Gasteiger partial charge in [0.25, 0.3) is 5.91 Å². The zero-order valence-corrected chi connectivity index (χ0v) is 18.1. The van der Waals surface area contributed by atoms with Crippen molar-refractivity contribution < 1.29 is 22.7 Å². The van der Waals surface area contributed by atoms with Crippen LogP contribution in [0.4, 0.5) is 0 Å². The molecule has 1 amide bonds. The molecule has 0 unspecified atom stereocenters. The van der Waals surface area contributed by atoms with Crippen molar-refractivity contribution in [3.8, 4) is 0 Å². The Kier molecular flexibility index (Phi) is 7.16. The Hall–Kier alpha value is -2.71. The van der Waals surface area contributed by atoms with Crippen molar-refractivity contribution in [3.05, 3.63) is 64.7 Å². The first-order chi connectivity index (χ1) is 13.5. The van der Waals surface area contributed by atoms with Crippen molar-refractivity contribution in [2.24, 2.45) is 0 Å². The molecule has 0 saturated heterocycles. The van der Waals surface area contributed by atoms with E-state index in [0.717, 1.165) is 21.0 Å². The van der Waals surface area contributed by atoms with E-state index >= 15 is 0 Å². The summed E-state index contributed by atoms with van der Waals surface area (Å²) in [5.74, 6) is -1.02. The van der Waals surface area contributed by atoms with Gasteiger partial charge in [-0.15, -0.1) is 0 Å². The van der Waals surface area contributed by atoms with Crippen LogP contribution in [0.2, 0.25) is 0 Å². The number of hydrogen-bond acceptors (Lipinski definition) is 5. The van der Waals surface area contributed by atoms with Gasteiger partial charge in [0.05, 0.1) is 10.5 Å². The molecule has 2 aromatic rings. The third-order valence-corrected chi connectivity index (χ3v) is 6.36. The third kappa shape index (κ3) is 5.65. The molecule has 2 aromatic carbocycles. The Labute approximate surface area is 171 Å². The highest BCUT2D eigenvalue weighted by molar-refractivity contribution is 7.89. The number of amides is 1. The molecule has 156 valence electrons. The number of rotatable bonds is 7. The molecule has 8 heteroatoms. The van der Waals surface area contributed by atoms with Crippen LogP contribution in [0.15, 0.2) is 47.4 Å². The van der Waals surface area contributed by atoms with Crippen LogP contribution in [0.5, 0.6) is 0 Å². The molecule has 0 atom stereocenters. The maximum absolute atomic E-state index is 12.3. The lowest BCUT2D eigenvalue weighted by Gasteiger charge is -2.18. The minimum atomic E-state index is -3.57. The second-order valence-corrected chi connectivity index (χ2v) is 9.22. The zero-order valence-electron chi connectivity index (χ0n) is 17.3. The summed E-state index contributed by atoms with van der Waals surface area (Å²) in [6.07, 6.45) is 0. The number of nitrogens with zero attached hydrogens (tertiary/aromatic N) is 2. The van der Waals surface area contributed by atoms with E-state index in [4.69, 9.17) is 4.74 Å². The lowest BCUT2D eigenvalue weighted by molar-refractivity contribution is -0.133. The second-order valence-electron chi connectivity index (χ2n) is 7.07. The molecule has 0 fully saturated rings. The minimum Gasteiger partial charge on any atom is -0.452 e. The average Bonchev–Trinajstić information content (AvgIpc) is 2.67. The van der Waals surface area contributed by atoms with Gasteiger partial charge >= 0.3 is 5.97 Å². The second kappa shape index (κ2) is 9.19. The van der Waals surface area contributed by atoms with E-state index in [9.17, 15) is 18.0 Å². The number of ether oxygens (including phenoxy) is 1.